The standard InChI is InChI=1S/C16H24O9S.Ca.2H/c1-6-7-16(8-23-13(17)11(2)3,9-24-14(18)12(4)5)15(19)25-10-26(20,21)22;;;/h2,4,6-10H2,1,3,5H3,(H,20,21,22);;;. The quantitative estimate of drug-likeness (QED) is 0.162. The Labute approximate surface area is 188 Å². The molecule has 0 fully saturated rings. The average Bonchev–Trinajstić information content (AvgIpc) is 2.53. The number of carbonyl (C=O) groups excluding carboxylic acids is 3. The Hall–Kier alpha value is -0.940. The first kappa shape index (κ1) is 28.3. The van der Waals surface area contributed by atoms with Crippen LogP contribution in [0.4, 0.5) is 0 Å². The van der Waals surface area contributed by atoms with Crippen molar-refractivity contribution in [2.45, 2.75) is 33.6 Å². The van der Waals surface area contributed by atoms with Crippen molar-refractivity contribution in [2.75, 3.05) is 19.2 Å². The van der Waals surface area contributed by atoms with E-state index >= 15 is 0 Å². The molecule has 0 saturated heterocycles. The van der Waals surface area contributed by atoms with Gasteiger partial charge in [0.05, 0.1) is 0 Å². The summed E-state index contributed by atoms with van der Waals surface area (Å²) in [6.07, 6.45) is 0.459. The maximum atomic E-state index is 12.4. The molecule has 11 heteroatoms. The zero-order valence-electron chi connectivity index (χ0n) is 15.1. The van der Waals surface area contributed by atoms with Crippen molar-refractivity contribution < 1.29 is 41.6 Å². The average molecular weight is 435 g/mol. The molecular formula is C16H26CaO9S. The normalized spacial score (nSPS) is 11.0. The van der Waals surface area contributed by atoms with Gasteiger partial charge in [0.1, 0.15) is 18.6 Å². The minimum atomic E-state index is -4.57. The predicted molar refractivity (Wildman–Crippen MR) is 99.9 cm³/mol. The van der Waals surface area contributed by atoms with Gasteiger partial charge in [0.25, 0.3) is 0 Å². The molecule has 9 nitrogen and oxygen atoms in total. The van der Waals surface area contributed by atoms with Gasteiger partial charge in [-0.15, -0.1) is 0 Å². The van der Waals surface area contributed by atoms with E-state index in [4.69, 9.17) is 14.0 Å². The number of hydrogen-bond donors (Lipinski definition) is 1. The third-order valence-corrected chi connectivity index (χ3v) is 3.57. The van der Waals surface area contributed by atoms with Crippen molar-refractivity contribution in [1.82, 2.24) is 0 Å². The fourth-order valence-corrected chi connectivity index (χ4v) is 2.08. The Balaban J connectivity index is 0. The van der Waals surface area contributed by atoms with Crippen LogP contribution in [0.5, 0.6) is 0 Å². The van der Waals surface area contributed by atoms with Crippen LogP contribution < -0.4 is 0 Å². The molecule has 0 bridgehead atoms. The van der Waals surface area contributed by atoms with Crippen molar-refractivity contribution in [3.8, 4) is 0 Å². The molecule has 152 valence electrons. The van der Waals surface area contributed by atoms with E-state index in [-0.39, 0.29) is 55.3 Å². The topological polar surface area (TPSA) is 133 Å². The van der Waals surface area contributed by atoms with E-state index in [1.165, 1.54) is 13.8 Å². The van der Waals surface area contributed by atoms with Gasteiger partial charge in [-0.25, -0.2) is 9.59 Å². The van der Waals surface area contributed by atoms with Gasteiger partial charge in [0, 0.05) is 11.1 Å². The Bertz CT molecular complexity index is 652. The third kappa shape index (κ3) is 10.8. The second-order valence-electron chi connectivity index (χ2n) is 5.87. The molecule has 0 aliphatic carbocycles. The van der Waals surface area contributed by atoms with E-state index in [9.17, 15) is 22.8 Å². The van der Waals surface area contributed by atoms with Crippen molar-refractivity contribution >= 4 is 65.8 Å². The molecule has 0 radical (unpaired) electrons. The van der Waals surface area contributed by atoms with Crippen LogP contribution in [0.2, 0.25) is 0 Å². The molecule has 0 rings (SSSR count). The monoisotopic (exact) mass is 434 g/mol. The van der Waals surface area contributed by atoms with Gasteiger partial charge >= 0.3 is 65.8 Å². The Morgan fingerprint density at radius 1 is 0.963 bits per heavy atom. The summed E-state index contributed by atoms with van der Waals surface area (Å²) in [7, 11) is -4.57. The molecule has 0 unspecified atom stereocenters. The first-order valence-corrected chi connectivity index (χ1v) is 9.23. The van der Waals surface area contributed by atoms with Gasteiger partial charge in [-0.3, -0.25) is 9.35 Å². The predicted octanol–water partition coefficient (Wildman–Crippen LogP) is 0.484. The van der Waals surface area contributed by atoms with Gasteiger partial charge in [-0.05, 0) is 20.3 Å². The van der Waals surface area contributed by atoms with Crippen LogP contribution in [0.1, 0.15) is 33.6 Å². The Morgan fingerprint density at radius 3 is 1.67 bits per heavy atom. The summed E-state index contributed by atoms with van der Waals surface area (Å²) in [6.45, 7) is 10.3. The van der Waals surface area contributed by atoms with Crippen molar-refractivity contribution in [1.29, 1.82) is 0 Å². The zero-order chi connectivity index (χ0) is 20.5. The van der Waals surface area contributed by atoms with Crippen LogP contribution in [0.3, 0.4) is 0 Å². The summed E-state index contributed by atoms with van der Waals surface area (Å²) in [5.41, 5.74) is -1.48. The van der Waals surface area contributed by atoms with Crippen LogP contribution in [-0.4, -0.2) is 87.8 Å². The summed E-state index contributed by atoms with van der Waals surface area (Å²) >= 11 is 0. The molecule has 0 spiro atoms. The van der Waals surface area contributed by atoms with Gasteiger partial charge < -0.3 is 14.2 Å². The van der Waals surface area contributed by atoms with Crippen molar-refractivity contribution in [2.24, 2.45) is 5.41 Å². The second-order valence-corrected chi connectivity index (χ2v) is 7.27. The summed E-state index contributed by atoms with van der Waals surface area (Å²) < 4.78 is 45.0. The van der Waals surface area contributed by atoms with E-state index < -0.39 is 52.6 Å². The second kappa shape index (κ2) is 12.5. The summed E-state index contributed by atoms with van der Waals surface area (Å²) in [4.78, 5) is 35.7. The molecule has 0 heterocycles. The van der Waals surface area contributed by atoms with Crippen molar-refractivity contribution in [3.05, 3.63) is 24.3 Å². The van der Waals surface area contributed by atoms with E-state index in [2.05, 4.69) is 17.9 Å². The van der Waals surface area contributed by atoms with Crippen LogP contribution in [0, 0.1) is 5.41 Å². The van der Waals surface area contributed by atoms with E-state index in [1.54, 1.807) is 6.92 Å². The number of esters is 3. The number of ether oxygens (including phenoxy) is 3. The van der Waals surface area contributed by atoms with E-state index in [0.29, 0.717) is 6.42 Å². The molecule has 0 atom stereocenters. The minimum absolute atomic E-state index is 0. The number of carbonyl (C=O) groups is 3. The Kier molecular flexibility index (Phi) is 13.1. The molecule has 27 heavy (non-hydrogen) atoms. The van der Waals surface area contributed by atoms with Gasteiger partial charge in [-0.1, -0.05) is 26.5 Å². The van der Waals surface area contributed by atoms with Crippen LogP contribution in [0.15, 0.2) is 24.3 Å². The molecule has 0 aromatic rings. The Morgan fingerprint density at radius 2 is 1.37 bits per heavy atom. The third-order valence-electron chi connectivity index (χ3n) is 3.16. The molecule has 0 aromatic carbocycles. The van der Waals surface area contributed by atoms with E-state index in [0.717, 1.165) is 0 Å². The van der Waals surface area contributed by atoms with Gasteiger partial charge in [-0.2, -0.15) is 8.42 Å². The van der Waals surface area contributed by atoms with Crippen LogP contribution >= 0.6 is 0 Å². The van der Waals surface area contributed by atoms with E-state index in [1.807, 2.05) is 0 Å². The van der Waals surface area contributed by atoms with Gasteiger partial charge in [0.15, 0.2) is 0 Å². The first-order valence-electron chi connectivity index (χ1n) is 7.62. The number of hydrogen-bond acceptors (Lipinski definition) is 8. The molecule has 1 N–H and O–H groups in total. The molecule has 0 saturated carbocycles. The number of rotatable bonds is 11. The van der Waals surface area contributed by atoms with Crippen molar-refractivity contribution in [3.63, 3.8) is 0 Å². The fraction of sp³-hybridized carbons (Fsp3) is 0.562. The molecule has 0 amide bonds. The molecular weight excluding hydrogens is 408 g/mol. The molecule has 0 aromatic heterocycles. The molecule has 0 aliphatic heterocycles. The summed E-state index contributed by atoms with van der Waals surface area (Å²) in [5.74, 6) is -3.93. The zero-order valence-corrected chi connectivity index (χ0v) is 15.9. The SMILES string of the molecule is C=C(C)C(=O)OCC(CCC)(COC(=O)C(=C)C)C(=O)OCS(=O)(=O)O.[CaH2]. The fourth-order valence-electron chi connectivity index (χ4n) is 1.82. The van der Waals surface area contributed by atoms with Gasteiger partial charge in [0.2, 0.25) is 5.94 Å². The van der Waals surface area contributed by atoms with Crippen LogP contribution in [-0.2, 0) is 38.7 Å². The van der Waals surface area contributed by atoms with Crippen LogP contribution in [0.25, 0.3) is 0 Å². The summed E-state index contributed by atoms with van der Waals surface area (Å²) in [5, 5.41) is 0. The summed E-state index contributed by atoms with van der Waals surface area (Å²) in [6, 6.07) is 0. The maximum absolute atomic E-state index is 12.4. The molecule has 0 aliphatic rings. The first-order chi connectivity index (χ1) is 11.8.